The molecule has 0 saturated carbocycles. The zero-order chi connectivity index (χ0) is 18.4. The van der Waals surface area contributed by atoms with Gasteiger partial charge in [-0.05, 0) is 0 Å². The molecule has 0 spiro atoms. The predicted octanol–water partition coefficient (Wildman–Crippen LogP) is 1.97. The van der Waals surface area contributed by atoms with Crippen molar-refractivity contribution in [3.05, 3.63) is 30.6 Å². The van der Waals surface area contributed by atoms with Crippen LogP contribution in [0.1, 0.15) is 0 Å². The Morgan fingerprint density at radius 3 is 2.38 bits per heavy atom. The van der Waals surface area contributed by atoms with Gasteiger partial charge in [0, 0.05) is 43.0 Å². The zero-order valence-corrected chi connectivity index (χ0v) is 14.7. The molecular weight excluding hydrogens is 338 g/mol. The lowest BCUT2D eigenvalue weighted by molar-refractivity contribution is 0.122. The number of rotatable bonds is 5. The van der Waals surface area contributed by atoms with Gasteiger partial charge in [-0.25, -0.2) is 14.8 Å². The molecule has 2 amide bonds. The van der Waals surface area contributed by atoms with Gasteiger partial charge in [0.1, 0.15) is 29.5 Å². The Labute approximate surface area is 151 Å². The molecule has 1 saturated heterocycles. The van der Waals surface area contributed by atoms with Crippen LogP contribution in [0.3, 0.4) is 0 Å². The second kappa shape index (κ2) is 8.34. The molecule has 9 nitrogen and oxygen atoms in total. The average molecular weight is 359 g/mol. The van der Waals surface area contributed by atoms with E-state index < -0.39 is 6.03 Å². The molecule has 1 fully saturated rings. The van der Waals surface area contributed by atoms with E-state index in [9.17, 15) is 4.79 Å². The van der Waals surface area contributed by atoms with E-state index in [0.29, 0.717) is 36.2 Å². The van der Waals surface area contributed by atoms with Crippen molar-refractivity contribution in [2.75, 3.05) is 56.1 Å². The molecule has 0 radical (unpaired) electrons. The SMILES string of the molecule is COc1cc(NC(=O)Nc2cc(N3CCOCC3)ncn2)cc(OC)c1. The molecule has 0 unspecified atom stereocenters. The molecule has 1 aliphatic heterocycles. The summed E-state index contributed by atoms with van der Waals surface area (Å²) in [6.45, 7) is 2.83. The molecule has 9 heteroatoms. The lowest BCUT2D eigenvalue weighted by atomic mass is 10.3. The summed E-state index contributed by atoms with van der Waals surface area (Å²) in [7, 11) is 3.10. The number of hydrogen-bond acceptors (Lipinski definition) is 7. The smallest absolute Gasteiger partial charge is 0.324 e. The van der Waals surface area contributed by atoms with Crippen molar-refractivity contribution in [3.63, 3.8) is 0 Å². The van der Waals surface area contributed by atoms with Gasteiger partial charge in [0.15, 0.2) is 0 Å². The molecular formula is C17H21N5O4. The van der Waals surface area contributed by atoms with Gasteiger partial charge in [-0.2, -0.15) is 0 Å². The topological polar surface area (TPSA) is 97.8 Å². The van der Waals surface area contributed by atoms with E-state index in [1.165, 1.54) is 6.33 Å². The predicted molar refractivity (Wildman–Crippen MR) is 97.3 cm³/mol. The van der Waals surface area contributed by atoms with E-state index in [-0.39, 0.29) is 0 Å². The molecule has 2 aromatic rings. The van der Waals surface area contributed by atoms with Gasteiger partial charge < -0.3 is 24.4 Å². The van der Waals surface area contributed by atoms with Crippen LogP contribution in [-0.2, 0) is 4.74 Å². The lowest BCUT2D eigenvalue weighted by Gasteiger charge is -2.27. The van der Waals surface area contributed by atoms with Crippen LogP contribution in [0.15, 0.2) is 30.6 Å². The summed E-state index contributed by atoms with van der Waals surface area (Å²) >= 11 is 0. The third-order valence-corrected chi connectivity index (χ3v) is 3.84. The van der Waals surface area contributed by atoms with Crippen LogP contribution in [0.25, 0.3) is 0 Å². The highest BCUT2D eigenvalue weighted by Gasteiger charge is 2.14. The summed E-state index contributed by atoms with van der Waals surface area (Å²) in [4.78, 5) is 22.7. The number of aromatic nitrogens is 2. The van der Waals surface area contributed by atoms with Gasteiger partial charge in [-0.3, -0.25) is 5.32 Å². The quantitative estimate of drug-likeness (QED) is 0.842. The van der Waals surface area contributed by atoms with E-state index in [4.69, 9.17) is 14.2 Å². The molecule has 0 bridgehead atoms. The van der Waals surface area contributed by atoms with Crippen molar-refractivity contribution in [2.24, 2.45) is 0 Å². The first-order valence-corrected chi connectivity index (χ1v) is 8.14. The number of hydrogen-bond donors (Lipinski definition) is 2. The van der Waals surface area contributed by atoms with Gasteiger partial charge >= 0.3 is 6.03 Å². The summed E-state index contributed by atoms with van der Waals surface area (Å²) in [5, 5.41) is 5.44. The minimum atomic E-state index is -0.424. The van der Waals surface area contributed by atoms with Crippen LogP contribution < -0.4 is 25.0 Å². The summed E-state index contributed by atoms with van der Waals surface area (Å²) < 4.78 is 15.7. The number of methoxy groups -OCH3 is 2. The molecule has 2 N–H and O–H groups in total. The van der Waals surface area contributed by atoms with Crippen LogP contribution >= 0.6 is 0 Å². The average Bonchev–Trinajstić information content (AvgIpc) is 2.68. The van der Waals surface area contributed by atoms with Gasteiger partial charge in [0.25, 0.3) is 0 Å². The van der Waals surface area contributed by atoms with E-state index in [2.05, 4.69) is 25.5 Å². The molecule has 26 heavy (non-hydrogen) atoms. The Balaban J connectivity index is 1.66. The second-order valence-corrected chi connectivity index (χ2v) is 5.54. The molecule has 1 aliphatic rings. The first-order chi connectivity index (χ1) is 12.7. The molecule has 1 aromatic carbocycles. The zero-order valence-electron chi connectivity index (χ0n) is 14.7. The van der Waals surface area contributed by atoms with Crippen LogP contribution in [-0.4, -0.2) is 56.5 Å². The lowest BCUT2D eigenvalue weighted by Crippen LogP contribution is -2.36. The van der Waals surface area contributed by atoms with E-state index in [1.807, 2.05) is 0 Å². The molecule has 1 aromatic heterocycles. The molecule has 138 valence electrons. The van der Waals surface area contributed by atoms with E-state index in [0.717, 1.165) is 18.9 Å². The number of morpholine rings is 1. The normalized spacial score (nSPS) is 13.8. The fraction of sp³-hybridized carbons (Fsp3) is 0.353. The maximum atomic E-state index is 12.3. The summed E-state index contributed by atoms with van der Waals surface area (Å²) in [6.07, 6.45) is 1.43. The Kier molecular flexibility index (Phi) is 5.69. The number of ether oxygens (including phenoxy) is 3. The molecule has 2 heterocycles. The van der Waals surface area contributed by atoms with Crippen LogP contribution in [0.5, 0.6) is 11.5 Å². The second-order valence-electron chi connectivity index (χ2n) is 5.54. The largest absolute Gasteiger partial charge is 0.497 e. The third-order valence-electron chi connectivity index (χ3n) is 3.84. The van der Waals surface area contributed by atoms with Crippen molar-refractivity contribution >= 4 is 23.4 Å². The number of amides is 2. The number of benzene rings is 1. The summed E-state index contributed by atoms with van der Waals surface area (Å²) in [5.41, 5.74) is 0.543. The van der Waals surface area contributed by atoms with Crippen molar-refractivity contribution in [1.82, 2.24) is 9.97 Å². The monoisotopic (exact) mass is 359 g/mol. The standard InChI is InChI=1S/C17H21N5O4/c1-24-13-7-12(8-14(9-13)25-2)20-17(23)21-15-10-16(19-11-18-15)22-3-5-26-6-4-22/h7-11H,3-6H2,1-2H3,(H2,18,19,20,21,23). The first-order valence-electron chi connectivity index (χ1n) is 8.14. The van der Waals surface area contributed by atoms with Crippen LogP contribution in [0, 0.1) is 0 Å². The fourth-order valence-corrected chi connectivity index (χ4v) is 2.54. The van der Waals surface area contributed by atoms with Crippen LogP contribution in [0.4, 0.5) is 22.1 Å². The number of carbonyl (C=O) groups excluding carboxylic acids is 1. The fourth-order valence-electron chi connectivity index (χ4n) is 2.54. The number of nitrogens with one attached hydrogen (secondary N) is 2. The van der Waals surface area contributed by atoms with Gasteiger partial charge in [0.2, 0.25) is 0 Å². The Morgan fingerprint density at radius 1 is 1.04 bits per heavy atom. The Hall–Kier alpha value is -3.07. The van der Waals surface area contributed by atoms with Crippen molar-refractivity contribution in [3.8, 4) is 11.5 Å². The van der Waals surface area contributed by atoms with E-state index >= 15 is 0 Å². The summed E-state index contributed by atoms with van der Waals surface area (Å²) in [6, 6.07) is 6.42. The third kappa shape index (κ3) is 4.51. The van der Waals surface area contributed by atoms with Crippen molar-refractivity contribution < 1.29 is 19.0 Å². The highest BCUT2D eigenvalue weighted by atomic mass is 16.5. The molecule has 3 rings (SSSR count). The summed E-state index contributed by atoms with van der Waals surface area (Å²) in [5.74, 6) is 2.32. The van der Waals surface area contributed by atoms with E-state index in [1.54, 1.807) is 38.5 Å². The molecule has 0 aliphatic carbocycles. The highest BCUT2D eigenvalue weighted by molar-refractivity contribution is 5.99. The van der Waals surface area contributed by atoms with Gasteiger partial charge in [-0.1, -0.05) is 0 Å². The maximum absolute atomic E-state index is 12.3. The van der Waals surface area contributed by atoms with Crippen molar-refractivity contribution in [1.29, 1.82) is 0 Å². The molecule has 0 atom stereocenters. The minimum Gasteiger partial charge on any atom is -0.497 e. The number of urea groups is 1. The number of nitrogens with zero attached hydrogens (tertiary/aromatic N) is 3. The number of carbonyl (C=O) groups is 1. The maximum Gasteiger partial charge on any atom is 0.324 e. The van der Waals surface area contributed by atoms with Gasteiger partial charge in [-0.15, -0.1) is 0 Å². The highest BCUT2D eigenvalue weighted by Crippen LogP contribution is 2.26. The van der Waals surface area contributed by atoms with Gasteiger partial charge in [0.05, 0.1) is 27.4 Å². The minimum absolute atomic E-state index is 0.411. The first kappa shape index (κ1) is 17.7. The Morgan fingerprint density at radius 2 is 1.73 bits per heavy atom. The number of anilines is 3. The van der Waals surface area contributed by atoms with Crippen molar-refractivity contribution in [2.45, 2.75) is 0 Å². The van der Waals surface area contributed by atoms with Crippen LogP contribution in [0.2, 0.25) is 0 Å². The Bertz CT molecular complexity index is 742.